The van der Waals surface area contributed by atoms with Crippen molar-refractivity contribution in [2.45, 2.75) is 6.92 Å². The molecule has 2 nitrogen and oxygen atoms in total. The summed E-state index contributed by atoms with van der Waals surface area (Å²) in [6, 6.07) is 0. The first kappa shape index (κ1) is 7.41. The van der Waals surface area contributed by atoms with Crippen molar-refractivity contribution in [1.82, 2.24) is 9.97 Å². The average Bonchev–Trinajstić information content (AvgIpc) is 1.94. The lowest BCUT2D eigenvalue weighted by molar-refractivity contribution is 1.08. The van der Waals surface area contributed by atoms with Crippen LogP contribution in [0.2, 0.25) is 0 Å². The zero-order valence-corrected chi connectivity index (χ0v) is 7.22. The number of nitrogens with zero attached hydrogens (tertiary/aromatic N) is 2. The molecule has 1 aromatic rings. The van der Waals surface area contributed by atoms with E-state index in [2.05, 4.69) is 32.5 Å². The normalized spacial score (nSPS) is 9.40. The molecule has 0 aliphatic rings. The van der Waals surface area contributed by atoms with Gasteiger partial charge in [0.1, 0.15) is 4.60 Å². The smallest absolute Gasteiger partial charge is 0.131 e. The molecule has 0 amide bonds. The lowest BCUT2D eigenvalue weighted by atomic mass is 10.4. The molecule has 3 heteroatoms. The van der Waals surface area contributed by atoms with E-state index in [0.29, 0.717) is 0 Å². The molecule has 1 aromatic heterocycles. The highest BCUT2D eigenvalue weighted by molar-refractivity contribution is 9.10. The van der Waals surface area contributed by atoms with Gasteiger partial charge in [-0.1, -0.05) is 6.58 Å². The molecule has 0 radical (unpaired) electrons. The van der Waals surface area contributed by atoms with Gasteiger partial charge in [0.15, 0.2) is 0 Å². The Morgan fingerprint density at radius 3 is 2.90 bits per heavy atom. The van der Waals surface area contributed by atoms with Crippen molar-refractivity contribution in [3.63, 3.8) is 0 Å². The van der Waals surface area contributed by atoms with Gasteiger partial charge in [0.05, 0.1) is 11.4 Å². The fourth-order valence-electron chi connectivity index (χ4n) is 0.611. The molecule has 1 rings (SSSR count). The van der Waals surface area contributed by atoms with Crippen LogP contribution in [-0.2, 0) is 0 Å². The van der Waals surface area contributed by atoms with Crippen LogP contribution >= 0.6 is 15.9 Å². The average molecular weight is 199 g/mol. The van der Waals surface area contributed by atoms with Gasteiger partial charge in [-0.2, -0.15) is 0 Å². The van der Waals surface area contributed by atoms with Crippen LogP contribution < -0.4 is 0 Å². The van der Waals surface area contributed by atoms with Crippen LogP contribution in [0.1, 0.15) is 11.4 Å². The van der Waals surface area contributed by atoms with Crippen molar-refractivity contribution in [3.8, 4) is 0 Å². The van der Waals surface area contributed by atoms with E-state index < -0.39 is 0 Å². The molecule has 0 unspecified atom stereocenters. The minimum Gasteiger partial charge on any atom is -0.249 e. The van der Waals surface area contributed by atoms with E-state index in [9.17, 15) is 0 Å². The van der Waals surface area contributed by atoms with Gasteiger partial charge in [0, 0.05) is 6.20 Å². The first-order valence-corrected chi connectivity index (χ1v) is 3.65. The highest BCUT2D eigenvalue weighted by Crippen LogP contribution is 2.11. The molecule has 0 aliphatic carbocycles. The highest BCUT2D eigenvalue weighted by Gasteiger charge is 1.96. The standard InChI is InChI=1S/C7H7BrN2/c1-3-6-7(8)9-4-5(2)10-6/h3-4H,1H2,2H3. The Kier molecular flexibility index (Phi) is 2.17. The SMILES string of the molecule is C=Cc1nc(C)cnc1Br. The van der Waals surface area contributed by atoms with Gasteiger partial charge in [0.25, 0.3) is 0 Å². The van der Waals surface area contributed by atoms with Crippen LogP contribution in [-0.4, -0.2) is 9.97 Å². The fourth-order valence-corrected chi connectivity index (χ4v) is 0.964. The van der Waals surface area contributed by atoms with Gasteiger partial charge < -0.3 is 0 Å². The first-order chi connectivity index (χ1) is 4.74. The molecular formula is C7H7BrN2. The highest BCUT2D eigenvalue weighted by atomic mass is 79.9. The fraction of sp³-hybridized carbons (Fsp3) is 0.143. The molecule has 0 saturated heterocycles. The van der Waals surface area contributed by atoms with Crippen molar-refractivity contribution in [2.75, 3.05) is 0 Å². The number of halogens is 1. The summed E-state index contributed by atoms with van der Waals surface area (Å²) in [5, 5.41) is 0. The second-order valence-corrected chi connectivity index (χ2v) is 2.64. The lowest BCUT2D eigenvalue weighted by Crippen LogP contribution is -1.89. The molecule has 0 bridgehead atoms. The Bertz CT molecular complexity index is 258. The van der Waals surface area contributed by atoms with E-state index >= 15 is 0 Å². The molecule has 0 aromatic carbocycles. The Hall–Kier alpha value is -0.700. The number of rotatable bonds is 1. The summed E-state index contributed by atoms with van der Waals surface area (Å²) in [5.41, 5.74) is 1.69. The van der Waals surface area contributed by atoms with E-state index in [1.807, 2.05) is 6.92 Å². The minimum absolute atomic E-state index is 0.744. The van der Waals surface area contributed by atoms with E-state index in [1.165, 1.54) is 0 Å². The maximum absolute atomic E-state index is 4.16. The predicted octanol–water partition coefficient (Wildman–Crippen LogP) is 2.19. The zero-order chi connectivity index (χ0) is 7.56. The van der Waals surface area contributed by atoms with Crippen LogP contribution in [0.3, 0.4) is 0 Å². The van der Waals surface area contributed by atoms with Crippen molar-refractivity contribution in [3.05, 3.63) is 28.8 Å². The number of hydrogen-bond donors (Lipinski definition) is 0. The number of aromatic nitrogens is 2. The van der Waals surface area contributed by atoms with E-state index in [1.54, 1.807) is 12.3 Å². The Labute approximate surface area is 68.1 Å². The minimum atomic E-state index is 0.744. The van der Waals surface area contributed by atoms with Crippen LogP contribution in [0, 0.1) is 6.92 Å². The summed E-state index contributed by atoms with van der Waals surface area (Å²) in [6.45, 7) is 5.50. The summed E-state index contributed by atoms with van der Waals surface area (Å²) in [4.78, 5) is 8.20. The lowest BCUT2D eigenvalue weighted by Gasteiger charge is -1.96. The van der Waals surface area contributed by atoms with Crippen molar-refractivity contribution >= 4 is 22.0 Å². The third kappa shape index (κ3) is 1.42. The summed E-state index contributed by atoms with van der Waals surface area (Å²) in [7, 11) is 0. The largest absolute Gasteiger partial charge is 0.249 e. The van der Waals surface area contributed by atoms with E-state index in [0.717, 1.165) is 16.0 Å². The second kappa shape index (κ2) is 2.92. The Morgan fingerprint density at radius 2 is 2.40 bits per heavy atom. The predicted molar refractivity (Wildman–Crippen MR) is 44.6 cm³/mol. The molecule has 0 saturated carbocycles. The summed E-state index contributed by atoms with van der Waals surface area (Å²) in [6.07, 6.45) is 3.38. The van der Waals surface area contributed by atoms with E-state index in [-0.39, 0.29) is 0 Å². The molecule has 0 N–H and O–H groups in total. The summed E-state index contributed by atoms with van der Waals surface area (Å²) >= 11 is 3.25. The van der Waals surface area contributed by atoms with Gasteiger partial charge in [-0.15, -0.1) is 0 Å². The van der Waals surface area contributed by atoms with Crippen molar-refractivity contribution in [2.24, 2.45) is 0 Å². The van der Waals surface area contributed by atoms with E-state index in [4.69, 9.17) is 0 Å². The van der Waals surface area contributed by atoms with Crippen LogP contribution in [0.5, 0.6) is 0 Å². The Morgan fingerprint density at radius 1 is 1.70 bits per heavy atom. The summed E-state index contributed by atoms with van der Waals surface area (Å²) < 4.78 is 0.744. The third-order valence-corrected chi connectivity index (χ3v) is 1.68. The monoisotopic (exact) mass is 198 g/mol. The Balaban J connectivity index is 3.21. The molecule has 0 fully saturated rings. The second-order valence-electron chi connectivity index (χ2n) is 1.89. The molecular weight excluding hydrogens is 192 g/mol. The van der Waals surface area contributed by atoms with Gasteiger partial charge in [0.2, 0.25) is 0 Å². The molecule has 0 atom stereocenters. The van der Waals surface area contributed by atoms with Gasteiger partial charge in [-0.25, -0.2) is 9.97 Å². The number of aryl methyl sites for hydroxylation is 1. The maximum Gasteiger partial charge on any atom is 0.131 e. The van der Waals surface area contributed by atoms with Crippen molar-refractivity contribution in [1.29, 1.82) is 0 Å². The quantitative estimate of drug-likeness (QED) is 0.692. The zero-order valence-electron chi connectivity index (χ0n) is 5.63. The number of hydrogen-bond acceptors (Lipinski definition) is 2. The molecule has 0 spiro atoms. The van der Waals surface area contributed by atoms with Gasteiger partial charge in [-0.3, -0.25) is 0 Å². The topological polar surface area (TPSA) is 25.8 Å². The molecule has 0 aliphatic heterocycles. The molecule has 52 valence electrons. The van der Waals surface area contributed by atoms with Gasteiger partial charge in [-0.05, 0) is 28.9 Å². The first-order valence-electron chi connectivity index (χ1n) is 2.85. The van der Waals surface area contributed by atoms with Gasteiger partial charge >= 0.3 is 0 Å². The third-order valence-electron chi connectivity index (χ3n) is 1.07. The molecule has 10 heavy (non-hydrogen) atoms. The van der Waals surface area contributed by atoms with Crippen LogP contribution in [0.4, 0.5) is 0 Å². The van der Waals surface area contributed by atoms with Crippen LogP contribution in [0.25, 0.3) is 6.08 Å². The maximum atomic E-state index is 4.16. The van der Waals surface area contributed by atoms with Crippen LogP contribution in [0.15, 0.2) is 17.4 Å². The molecule has 1 heterocycles. The van der Waals surface area contributed by atoms with Crippen molar-refractivity contribution < 1.29 is 0 Å². The summed E-state index contributed by atoms with van der Waals surface area (Å²) in [5.74, 6) is 0.